The normalized spacial score (nSPS) is 13.2. The summed E-state index contributed by atoms with van der Waals surface area (Å²) in [5.41, 5.74) is 19.8. The molecular formula is C74H76N4OS. The third-order valence-corrected chi connectivity index (χ3v) is 17.9. The number of para-hydroxylation sites is 3. The first-order chi connectivity index (χ1) is 38.3. The third kappa shape index (κ3) is 9.14. The Morgan fingerprint density at radius 2 is 1.04 bits per heavy atom. The fourth-order valence-corrected chi connectivity index (χ4v) is 13.8. The molecule has 80 heavy (non-hydrogen) atoms. The van der Waals surface area contributed by atoms with Gasteiger partial charge in [0.25, 0.3) is 0 Å². The van der Waals surface area contributed by atoms with Gasteiger partial charge in [0, 0.05) is 66.1 Å². The largest absolute Gasteiger partial charge is 0.457 e. The van der Waals surface area contributed by atoms with Crippen LogP contribution in [0.25, 0.3) is 70.0 Å². The van der Waals surface area contributed by atoms with Gasteiger partial charge in [-0.05, 0) is 140 Å². The van der Waals surface area contributed by atoms with Gasteiger partial charge < -0.3 is 14.5 Å². The van der Waals surface area contributed by atoms with Crippen LogP contribution in [0.2, 0.25) is 0 Å². The van der Waals surface area contributed by atoms with Gasteiger partial charge >= 0.3 is 0 Å². The summed E-state index contributed by atoms with van der Waals surface area (Å²) < 4.78 is 12.2. The van der Waals surface area contributed by atoms with Crippen LogP contribution >= 0.6 is 11.3 Å². The Balaban J connectivity index is 1.03. The van der Waals surface area contributed by atoms with Crippen molar-refractivity contribution in [3.63, 3.8) is 0 Å². The molecule has 0 atom stereocenters. The Kier molecular flexibility index (Phi) is 13.3. The fourth-order valence-electron chi connectivity index (χ4n) is 12.5. The lowest BCUT2D eigenvalue weighted by molar-refractivity contribution is 0.479. The Morgan fingerprint density at radius 1 is 0.475 bits per heavy atom. The predicted octanol–water partition coefficient (Wildman–Crippen LogP) is 22.0. The molecule has 0 unspecified atom stereocenters. The molecule has 11 aromatic rings. The average molecular weight is 1070 g/mol. The molecule has 0 amide bonds. The van der Waals surface area contributed by atoms with Crippen molar-refractivity contribution in [2.75, 3.05) is 16.5 Å². The zero-order valence-corrected chi connectivity index (χ0v) is 50.1. The van der Waals surface area contributed by atoms with Crippen LogP contribution in [-0.2, 0) is 10.8 Å². The van der Waals surface area contributed by atoms with Crippen LogP contribution in [0.1, 0.15) is 154 Å². The summed E-state index contributed by atoms with van der Waals surface area (Å²) in [6.07, 6.45) is 1.96. The highest BCUT2D eigenvalue weighted by Crippen LogP contribution is 2.54. The quantitative estimate of drug-likeness (QED) is 0.129. The van der Waals surface area contributed by atoms with Gasteiger partial charge in [-0.15, -0.1) is 11.3 Å². The first-order valence-electron chi connectivity index (χ1n) is 29.0. The van der Waals surface area contributed by atoms with Crippen LogP contribution in [-0.4, -0.2) is 16.2 Å². The summed E-state index contributed by atoms with van der Waals surface area (Å²) in [7, 11) is 0. The first-order valence-corrected chi connectivity index (χ1v) is 29.8. The van der Waals surface area contributed by atoms with Gasteiger partial charge in [-0.25, -0.2) is 4.98 Å². The van der Waals surface area contributed by atoms with Gasteiger partial charge in [0.2, 0.25) is 0 Å². The van der Waals surface area contributed by atoms with E-state index in [0.717, 1.165) is 39.7 Å². The molecule has 0 N–H and O–H groups in total. The van der Waals surface area contributed by atoms with E-state index in [1.54, 1.807) is 0 Å². The molecular weight excluding hydrogens is 993 g/mol. The average Bonchev–Trinajstić information content (AvgIpc) is 4.28. The van der Waals surface area contributed by atoms with E-state index < -0.39 is 0 Å². The maximum Gasteiger partial charge on any atom is 0.137 e. The predicted molar refractivity (Wildman–Crippen MR) is 345 cm³/mol. The minimum atomic E-state index is -0.176. The minimum absolute atomic E-state index is 0.0508. The molecule has 12 rings (SSSR count). The van der Waals surface area contributed by atoms with E-state index >= 15 is 0 Å². The number of hydrogen-bond donors (Lipinski definition) is 0. The number of aromatic nitrogens is 2. The summed E-state index contributed by atoms with van der Waals surface area (Å²) in [4.78, 5) is 10.2. The SMILES string of the molecule is CC(C)c1cccc(C(C)C)c1-c1cccc(-c2c(C(C)C)cccc2C(C)C)c1N1CN(c2cc(Oc3ccc4c5c6sc7ccccc7c6ccc5n(-c5cc(C(C)(C)C)ccn5)c4c3)cc(C(C)(C)C)c2)c2ccccc21. The van der Waals surface area contributed by atoms with Gasteiger partial charge in [-0.3, -0.25) is 4.57 Å². The molecule has 0 fully saturated rings. The van der Waals surface area contributed by atoms with Gasteiger partial charge in [0.05, 0.1) is 28.1 Å². The number of fused-ring (bicyclic) bond motifs is 8. The lowest BCUT2D eigenvalue weighted by Crippen LogP contribution is -2.25. The molecule has 0 saturated carbocycles. The van der Waals surface area contributed by atoms with E-state index in [-0.39, 0.29) is 10.8 Å². The number of benzene rings is 8. The van der Waals surface area contributed by atoms with Crippen molar-refractivity contribution in [1.29, 1.82) is 0 Å². The number of thiophene rings is 1. The first kappa shape index (κ1) is 53.0. The molecule has 8 aromatic carbocycles. The van der Waals surface area contributed by atoms with Gasteiger partial charge in [-0.2, -0.15) is 0 Å². The maximum atomic E-state index is 7.25. The lowest BCUT2D eigenvalue weighted by Gasteiger charge is -2.31. The topological polar surface area (TPSA) is 33.5 Å². The molecule has 0 spiro atoms. The van der Waals surface area contributed by atoms with Crippen molar-refractivity contribution < 1.29 is 4.74 Å². The van der Waals surface area contributed by atoms with Gasteiger partial charge in [0.1, 0.15) is 24.0 Å². The zero-order valence-electron chi connectivity index (χ0n) is 49.3. The molecule has 0 bridgehead atoms. The highest BCUT2D eigenvalue weighted by atomic mass is 32.1. The number of ether oxygens (including phenoxy) is 1. The number of pyridine rings is 1. The van der Waals surface area contributed by atoms with E-state index in [2.05, 4.69) is 275 Å². The summed E-state index contributed by atoms with van der Waals surface area (Å²) >= 11 is 1.87. The number of nitrogens with zero attached hydrogens (tertiary/aromatic N) is 4. The maximum absolute atomic E-state index is 7.25. The van der Waals surface area contributed by atoms with Crippen molar-refractivity contribution in [2.45, 2.75) is 131 Å². The number of rotatable bonds is 11. The Bertz CT molecular complexity index is 4060. The van der Waals surface area contributed by atoms with E-state index in [9.17, 15) is 0 Å². The summed E-state index contributed by atoms with van der Waals surface area (Å²) in [6.45, 7) is 33.1. The molecule has 5 nitrogen and oxygen atoms in total. The Hall–Kier alpha value is -7.67. The summed E-state index contributed by atoms with van der Waals surface area (Å²) in [6, 6.07) is 61.4. The third-order valence-electron chi connectivity index (χ3n) is 16.7. The smallest absolute Gasteiger partial charge is 0.137 e. The van der Waals surface area contributed by atoms with Crippen LogP contribution in [0.5, 0.6) is 11.5 Å². The summed E-state index contributed by atoms with van der Waals surface area (Å²) in [5.74, 6) is 3.78. The molecule has 0 aliphatic carbocycles. The molecule has 4 heterocycles. The molecule has 0 saturated heterocycles. The Morgan fingerprint density at radius 3 is 1.64 bits per heavy atom. The molecule has 0 radical (unpaired) electrons. The number of anilines is 4. The van der Waals surface area contributed by atoms with Gasteiger partial charge in [0.15, 0.2) is 0 Å². The van der Waals surface area contributed by atoms with Crippen LogP contribution in [0.3, 0.4) is 0 Å². The molecule has 1 aliphatic rings. The molecule has 1 aliphatic heterocycles. The van der Waals surface area contributed by atoms with Gasteiger partial charge in [-0.1, -0.05) is 188 Å². The van der Waals surface area contributed by atoms with E-state index in [4.69, 9.17) is 9.72 Å². The molecule has 6 heteroatoms. The van der Waals surface area contributed by atoms with Crippen molar-refractivity contribution in [1.82, 2.24) is 9.55 Å². The second-order valence-corrected chi connectivity index (χ2v) is 26.7. The highest BCUT2D eigenvalue weighted by molar-refractivity contribution is 7.26. The van der Waals surface area contributed by atoms with Crippen molar-refractivity contribution in [2.24, 2.45) is 0 Å². The lowest BCUT2D eigenvalue weighted by atomic mass is 9.80. The highest BCUT2D eigenvalue weighted by Gasteiger charge is 2.35. The fraction of sp³-hybridized carbons (Fsp3) is 0.284. The van der Waals surface area contributed by atoms with Crippen molar-refractivity contribution in [3.8, 4) is 39.6 Å². The van der Waals surface area contributed by atoms with Crippen LogP contribution in [0, 0.1) is 0 Å². The molecule has 3 aromatic heterocycles. The van der Waals surface area contributed by atoms with E-state index in [1.807, 2.05) is 17.5 Å². The standard InChI is InChI=1S/C74H76N4OS/c1-44(2)53-23-19-24-54(45(3)4)68(53)60-27-21-28-61(69-55(46(5)6)25-20-26-56(69)47(7)8)71(60)77-43-76(62-29-16-17-30-63(62)77)50-38-49(74(12,13)14)39-52(41-50)79-51-32-33-59-65(42-51)78(67-40-48(36-37-75-67)73(9,10)11)64-35-34-58-57-22-15-18-31-66(57)80-72(58)70(59)64/h15-42,44-47H,43H2,1-14H3. The molecule has 404 valence electrons. The van der Waals surface area contributed by atoms with Crippen LogP contribution in [0.15, 0.2) is 170 Å². The monoisotopic (exact) mass is 1070 g/mol. The van der Waals surface area contributed by atoms with Crippen molar-refractivity contribution >= 4 is 76.1 Å². The number of hydrogen-bond acceptors (Lipinski definition) is 5. The second kappa shape index (κ2) is 20.1. The zero-order chi connectivity index (χ0) is 56.1. The van der Waals surface area contributed by atoms with Crippen molar-refractivity contribution in [3.05, 3.63) is 203 Å². The van der Waals surface area contributed by atoms with Crippen LogP contribution in [0.4, 0.5) is 22.7 Å². The minimum Gasteiger partial charge on any atom is -0.457 e. The second-order valence-electron chi connectivity index (χ2n) is 25.6. The van der Waals surface area contributed by atoms with E-state index in [1.165, 1.54) is 98.0 Å². The van der Waals surface area contributed by atoms with Crippen LogP contribution < -0.4 is 14.5 Å². The van der Waals surface area contributed by atoms with E-state index in [0.29, 0.717) is 30.3 Å². The summed E-state index contributed by atoms with van der Waals surface area (Å²) in [5, 5.41) is 4.99. The Labute approximate surface area is 478 Å².